The lowest BCUT2D eigenvalue weighted by molar-refractivity contribution is 0.0942. The van der Waals surface area contributed by atoms with Gasteiger partial charge in [-0.25, -0.2) is 0 Å². The second-order valence-corrected chi connectivity index (χ2v) is 5.52. The van der Waals surface area contributed by atoms with E-state index in [9.17, 15) is 4.79 Å². The molecule has 3 nitrogen and oxygen atoms in total. The standard InChI is InChI=1S/C14H20INO2/c1-2-5-11(8-9-17)10-16-14(18)12-6-3-4-7-13(12)15/h3-4,6-7,11,17H,2,5,8-10H2,1H3,(H,16,18). The molecule has 0 aliphatic rings. The second kappa shape index (κ2) is 8.48. The quantitative estimate of drug-likeness (QED) is 0.734. The molecular weight excluding hydrogens is 341 g/mol. The van der Waals surface area contributed by atoms with Crippen LogP contribution in [0.4, 0.5) is 0 Å². The molecule has 0 heterocycles. The summed E-state index contributed by atoms with van der Waals surface area (Å²) in [6.45, 7) is 2.94. The number of carbonyl (C=O) groups is 1. The summed E-state index contributed by atoms with van der Waals surface area (Å²) in [5.74, 6) is 0.337. The Bertz CT molecular complexity index is 376. The van der Waals surface area contributed by atoms with Gasteiger partial charge in [0.25, 0.3) is 5.91 Å². The van der Waals surface area contributed by atoms with Crippen LogP contribution in [0.2, 0.25) is 0 Å². The van der Waals surface area contributed by atoms with E-state index in [1.165, 1.54) is 0 Å². The van der Waals surface area contributed by atoms with E-state index in [1.54, 1.807) is 0 Å². The molecule has 0 bridgehead atoms. The van der Waals surface area contributed by atoms with Crippen molar-refractivity contribution in [1.29, 1.82) is 0 Å². The molecule has 0 fully saturated rings. The lowest BCUT2D eigenvalue weighted by Gasteiger charge is -2.16. The molecule has 1 aromatic rings. The summed E-state index contributed by atoms with van der Waals surface area (Å²) in [5.41, 5.74) is 0.720. The topological polar surface area (TPSA) is 49.3 Å². The number of hydrogen-bond acceptors (Lipinski definition) is 2. The maximum Gasteiger partial charge on any atom is 0.252 e. The highest BCUT2D eigenvalue weighted by atomic mass is 127. The third kappa shape index (κ3) is 4.94. The van der Waals surface area contributed by atoms with Gasteiger partial charge >= 0.3 is 0 Å². The van der Waals surface area contributed by atoms with Crippen LogP contribution in [0.15, 0.2) is 24.3 Å². The zero-order valence-corrected chi connectivity index (χ0v) is 12.8. The van der Waals surface area contributed by atoms with E-state index >= 15 is 0 Å². The first-order valence-electron chi connectivity index (χ1n) is 6.32. The largest absolute Gasteiger partial charge is 0.396 e. The van der Waals surface area contributed by atoms with Crippen molar-refractivity contribution in [2.75, 3.05) is 13.2 Å². The van der Waals surface area contributed by atoms with E-state index in [4.69, 9.17) is 5.11 Å². The van der Waals surface area contributed by atoms with Gasteiger partial charge in [0.1, 0.15) is 0 Å². The van der Waals surface area contributed by atoms with Gasteiger partial charge < -0.3 is 10.4 Å². The van der Waals surface area contributed by atoms with E-state index in [1.807, 2.05) is 24.3 Å². The molecule has 1 amide bonds. The SMILES string of the molecule is CCCC(CCO)CNC(=O)c1ccccc1I. The molecule has 4 heteroatoms. The average molecular weight is 361 g/mol. The van der Waals surface area contributed by atoms with Gasteiger partial charge in [-0.1, -0.05) is 25.5 Å². The predicted molar refractivity (Wildman–Crippen MR) is 81.6 cm³/mol. The fraction of sp³-hybridized carbons (Fsp3) is 0.500. The molecule has 1 aromatic carbocycles. The monoisotopic (exact) mass is 361 g/mol. The van der Waals surface area contributed by atoms with Crippen LogP contribution in [-0.4, -0.2) is 24.2 Å². The first kappa shape index (κ1) is 15.4. The maximum atomic E-state index is 12.0. The third-order valence-corrected chi connectivity index (χ3v) is 3.84. The van der Waals surface area contributed by atoms with Crippen molar-refractivity contribution in [1.82, 2.24) is 5.32 Å². The van der Waals surface area contributed by atoms with Gasteiger partial charge in [0, 0.05) is 16.7 Å². The van der Waals surface area contributed by atoms with Crippen LogP contribution in [0, 0.1) is 9.49 Å². The minimum atomic E-state index is -0.0287. The zero-order chi connectivity index (χ0) is 13.4. The first-order chi connectivity index (χ1) is 8.69. The molecule has 1 rings (SSSR count). The molecule has 0 saturated heterocycles. The van der Waals surface area contributed by atoms with Crippen LogP contribution >= 0.6 is 22.6 Å². The number of amides is 1. The Morgan fingerprint density at radius 1 is 1.39 bits per heavy atom. The van der Waals surface area contributed by atoms with Gasteiger partial charge in [-0.3, -0.25) is 4.79 Å². The van der Waals surface area contributed by atoms with Crippen molar-refractivity contribution >= 4 is 28.5 Å². The summed E-state index contributed by atoms with van der Waals surface area (Å²) in [4.78, 5) is 12.0. The summed E-state index contributed by atoms with van der Waals surface area (Å²) in [6.07, 6.45) is 2.86. The van der Waals surface area contributed by atoms with Crippen LogP contribution < -0.4 is 5.32 Å². The van der Waals surface area contributed by atoms with Gasteiger partial charge in [-0.15, -0.1) is 0 Å². The highest BCUT2D eigenvalue weighted by molar-refractivity contribution is 14.1. The smallest absolute Gasteiger partial charge is 0.252 e. The fourth-order valence-corrected chi connectivity index (χ4v) is 2.55. The Kier molecular flexibility index (Phi) is 7.27. The van der Waals surface area contributed by atoms with Crippen molar-refractivity contribution in [2.45, 2.75) is 26.2 Å². The maximum absolute atomic E-state index is 12.0. The first-order valence-corrected chi connectivity index (χ1v) is 7.40. The lowest BCUT2D eigenvalue weighted by atomic mass is 10.00. The summed E-state index contributed by atoms with van der Waals surface area (Å²) < 4.78 is 0.960. The molecule has 1 unspecified atom stereocenters. The van der Waals surface area contributed by atoms with Crippen molar-refractivity contribution < 1.29 is 9.90 Å². The molecule has 0 saturated carbocycles. The number of rotatable bonds is 7. The summed E-state index contributed by atoms with van der Waals surface area (Å²) in [7, 11) is 0. The van der Waals surface area contributed by atoms with Crippen molar-refractivity contribution in [2.24, 2.45) is 5.92 Å². The molecule has 100 valence electrons. The highest BCUT2D eigenvalue weighted by Gasteiger charge is 2.12. The van der Waals surface area contributed by atoms with Crippen LogP contribution in [0.25, 0.3) is 0 Å². The molecule has 18 heavy (non-hydrogen) atoms. The van der Waals surface area contributed by atoms with Gasteiger partial charge in [0.15, 0.2) is 0 Å². The Morgan fingerprint density at radius 2 is 2.11 bits per heavy atom. The van der Waals surface area contributed by atoms with Gasteiger partial charge in [-0.2, -0.15) is 0 Å². The van der Waals surface area contributed by atoms with Crippen molar-refractivity contribution in [3.8, 4) is 0 Å². The minimum Gasteiger partial charge on any atom is -0.396 e. The number of halogens is 1. The molecule has 0 aromatic heterocycles. The predicted octanol–water partition coefficient (Wildman–Crippen LogP) is 2.82. The van der Waals surface area contributed by atoms with Crippen LogP contribution in [0.3, 0.4) is 0 Å². The summed E-state index contributed by atoms with van der Waals surface area (Å²) >= 11 is 2.17. The number of hydrogen-bond donors (Lipinski definition) is 2. The van der Waals surface area contributed by atoms with E-state index in [0.29, 0.717) is 12.5 Å². The van der Waals surface area contributed by atoms with Crippen LogP contribution in [-0.2, 0) is 0 Å². The Labute approximate surface area is 122 Å². The average Bonchev–Trinajstić information content (AvgIpc) is 2.36. The zero-order valence-electron chi connectivity index (χ0n) is 10.7. The molecule has 0 spiro atoms. The van der Waals surface area contributed by atoms with E-state index in [2.05, 4.69) is 34.8 Å². The van der Waals surface area contributed by atoms with Gasteiger partial charge in [0.2, 0.25) is 0 Å². The molecule has 0 radical (unpaired) electrons. The normalized spacial score (nSPS) is 12.2. The van der Waals surface area contributed by atoms with E-state index in [-0.39, 0.29) is 12.5 Å². The number of aliphatic hydroxyl groups is 1. The number of benzene rings is 1. The second-order valence-electron chi connectivity index (χ2n) is 4.36. The van der Waals surface area contributed by atoms with Crippen molar-refractivity contribution in [3.63, 3.8) is 0 Å². The molecule has 0 aliphatic heterocycles. The Balaban J connectivity index is 2.52. The molecular formula is C14H20INO2. The summed E-state index contributed by atoms with van der Waals surface area (Å²) in [5, 5.41) is 11.9. The molecule has 2 N–H and O–H groups in total. The van der Waals surface area contributed by atoms with Crippen LogP contribution in [0.5, 0.6) is 0 Å². The number of carbonyl (C=O) groups excluding carboxylic acids is 1. The van der Waals surface area contributed by atoms with E-state index in [0.717, 1.165) is 28.4 Å². The minimum absolute atomic E-state index is 0.0287. The Hall–Kier alpha value is -0.620. The number of aliphatic hydroxyl groups excluding tert-OH is 1. The fourth-order valence-electron chi connectivity index (χ4n) is 1.92. The number of nitrogens with one attached hydrogen (secondary N) is 1. The molecule has 1 atom stereocenters. The lowest BCUT2D eigenvalue weighted by Crippen LogP contribution is -2.30. The van der Waals surface area contributed by atoms with Gasteiger partial charge in [0.05, 0.1) is 5.56 Å². The van der Waals surface area contributed by atoms with E-state index < -0.39 is 0 Å². The molecule has 0 aliphatic carbocycles. The van der Waals surface area contributed by atoms with Crippen LogP contribution in [0.1, 0.15) is 36.5 Å². The highest BCUT2D eigenvalue weighted by Crippen LogP contribution is 2.13. The third-order valence-electron chi connectivity index (χ3n) is 2.90. The Morgan fingerprint density at radius 3 is 2.72 bits per heavy atom. The van der Waals surface area contributed by atoms with Gasteiger partial charge in [-0.05, 0) is 53.5 Å². The summed E-state index contributed by atoms with van der Waals surface area (Å²) in [6, 6.07) is 7.54. The van der Waals surface area contributed by atoms with Crippen molar-refractivity contribution in [3.05, 3.63) is 33.4 Å².